The molecule has 0 radical (unpaired) electrons. The third kappa shape index (κ3) is 9.57. The molecular formula is C31H51N3O4. The number of hydrogen-bond donors (Lipinski definition) is 3. The first-order valence-electron chi connectivity index (χ1n) is 14.6. The van der Waals surface area contributed by atoms with Gasteiger partial charge in [0.25, 0.3) is 0 Å². The van der Waals surface area contributed by atoms with Crippen LogP contribution in [0.2, 0.25) is 0 Å². The van der Waals surface area contributed by atoms with E-state index in [1.165, 1.54) is 32.1 Å². The Bertz CT molecular complexity index is 892. The molecule has 214 valence electrons. The molecule has 1 aromatic carbocycles. The van der Waals surface area contributed by atoms with Gasteiger partial charge < -0.3 is 20.5 Å². The van der Waals surface area contributed by atoms with E-state index in [9.17, 15) is 14.7 Å². The molecule has 1 heterocycles. The molecule has 38 heavy (non-hydrogen) atoms. The van der Waals surface area contributed by atoms with Gasteiger partial charge in [-0.25, -0.2) is 4.79 Å². The lowest BCUT2D eigenvalue weighted by molar-refractivity contribution is -0.131. The van der Waals surface area contributed by atoms with E-state index in [4.69, 9.17) is 4.74 Å². The van der Waals surface area contributed by atoms with Crippen molar-refractivity contribution in [3.63, 3.8) is 0 Å². The number of piperidine rings is 1. The van der Waals surface area contributed by atoms with Gasteiger partial charge in [0.1, 0.15) is 5.60 Å². The third-order valence-electron chi connectivity index (χ3n) is 7.81. The average Bonchev–Trinajstić information content (AvgIpc) is 2.82. The number of carbonyl (C=O) groups excluding carboxylic acids is 2. The Labute approximate surface area is 230 Å². The Hall–Kier alpha value is -2.12. The summed E-state index contributed by atoms with van der Waals surface area (Å²) in [6, 6.07) is 9.22. The minimum atomic E-state index is -1.10. The number of ether oxygens (including phenoxy) is 1. The fourth-order valence-electron chi connectivity index (χ4n) is 5.86. The number of nitrogens with zero attached hydrogens (tertiary/aromatic N) is 1. The van der Waals surface area contributed by atoms with Gasteiger partial charge in [0.05, 0.1) is 17.7 Å². The highest BCUT2D eigenvalue weighted by molar-refractivity contribution is 5.82. The molecule has 2 aliphatic rings. The maximum Gasteiger partial charge on any atom is 0.407 e. The maximum absolute atomic E-state index is 13.5. The van der Waals surface area contributed by atoms with Crippen molar-refractivity contribution in [3.05, 3.63) is 35.9 Å². The first kappa shape index (κ1) is 30.4. The van der Waals surface area contributed by atoms with Crippen LogP contribution in [0.1, 0.15) is 98.5 Å². The number of benzene rings is 1. The van der Waals surface area contributed by atoms with E-state index < -0.39 is 23.3 Å². The molecule has 1 aromatic rings. The monoisotopic (exact) mass is 529 g/mol. The molecule has 7 nitrogen and oxygen atoms in total. The van der Waals surface area contributed by atoms with Gasteiger partial charge in [-0.1, -0.05) is 62.4 Å². The molecule has 2 amide bonds. The van der Waals surface area contributed by atoms with Crippen molar-refractivity contribution in [1.29, 1.82) is 0 Å². The standard InChI is InChI=1S/C31H51N3O4/c1-29(2,3)33-27(35)25(21-23-13-9-7-10-14-23)34-19-17-31(37,18-20-34)26(22-24-15-11-8-12-16-24)32-28(36)38-30(4,5)6/h8,11-12,15-16,23,25-26,37H,7,9-10,13-14,17-22H2,1-6H3,(H,32,36)(H,33,35). The fourth-order valence-corrected chi connectivity index (χ4v) is 5.86. The first-order valence-corrected chi connectivity index (χ1v) is 14.6. The second-order valence-electron chi connectivity index (χ2n) is 13.5. The number of amides is 2. The van der Waals surface area contributed by atoms with Gasteiger partial charge in [-0.05, 0) is 78.7 Å². The average molecular weight is 530 g/mol. The number of carbonyl (C=O) groups is 2. The Morgan fingerprint density at radius 1 is 1.03 bits per heavy atom. The minimum absolute atomic E-state index is 0.0845. The highest BCUT2D eigenvalue weighted by Crippen LogP contribution is 2.33. The van der Waals surface area contributed by atoms with Crippen LogP contribution in [0.5, 0.6) is 0 Å². The Morgan fingerprint density at radius 2 is 1.63 bits per heavy atom. The van der Waals surface area contributed by atoms with E-state index in [1.54, 1.807) is 0 Å². The predicted octanol–water partition coefficient (Wildman–Crippen LogP) is 5.20. The van der Waals surface area contributed by atoms with Crippen LogP contribution in [0.15, 0.2) is 30.3 Å². The van der Waals surface area contributed by atoms with Gasteiger partial charge in [0.2, 0.25) is 5.91 Å². The zero-order valence-corrected chi connectivity index (χ0v) is 24.5. The lowest BCUT2D eigenvalue weighted by atomic mass is 9.79. The van der Waals surface area contributed by atoms with Crippen molar-refractivity contribution in [1.82, 2.24) is 15.5 Å². The number of likely N-dealkylation sites (tertiary alicyclic amines) is 1. The topological polar surface area (TPSA) is 90.9 Å². The smallest absolute Gasteiger partial charge is 0.407 e. The maximum atomic E-state index is 13.5. The van der Waals surface area contributed by atoms with Crippen LogP contribution in [-0.4, -0.2) is 63.9 Å². The quantitative estimate of drug-likeness (QED) is 0.430. The predicted molar refractivity (Wildman–Crippen MR) is 152 cm³/mol. The molecule has 1 saturated heterocycles. The highest BCUT2D eigenvalue weighted by atomic mass is 16.6. The Kier molecular flexibility index (Phi) is 10.3. The zero-order valence-electron chi connectivity index (χ0n) is 24.5. The largest absolute Gasteiger partial charge is 0.444 e. The molecule has 1 saturated carbocycles. The fraction of sp³-hybridized carbons (Fsp3) is 0.742. The molecule has 2 fully saturated rings. The third-order valence-corrected chi connectivity index (χ3v) is 7.81. The van der Waals surface area contributed by atoms with Crippen molar-refractivity contribution in [3.8, 4) is 0 Å². The summed E-state index contributed by atoms with van der Waals surface area (Å²) in [5.41, 5.74) is -0.973. The molecule has 2 unspecified atom stereocenters. The van der Waals surface area contributed by atoms with E-state index in [2.05, 4.69) is 15.5 Å². The summed E-state index contributed by atoms with van der Waals surface area (Å²) >= 11 is 0. The molecule has 1 aliphatic carbocycles. The number of rotatable bonds is 8. The van der Waals surface area contributed by atoms with E-state index in [0.29, 0.717) is 38.3 Å². The molecule has 0 aromatic heterocycles. The summed E-state index contributed by atoms with van der Waals surface area (Å²) in [5, 5.41) is 18.1. The number of alkyl carbamates (subject to hydrolysis) is 1. The van der Waals surface area contributed by atoms with E-state index in [1.807, 2.05) is 71.9 Å². The van der Waals surface area contributed by atoms with Crippen molar-refractivity contribution >= 4 is 12.0 Å². The summed E-state index contributed by atoms with van der Waals surface area (Å²) in [6.07, 6.45) is 7.97. The van der Waals surface area contributed by atoms with Gasteiger partial charge in [-0.3, -0.25) is 9.69 Å². The normalized spacial score (nSPS) is 20.8. The van der Waals surface area contributed by atoms with Gasteiger partial charge in [0.15, 0.2) is 0 Å². The molecule has 3 rings (SSSR count). The molecule has 3 N–H and O–H groups in total. The SMILES string of the molecule is CC(C)(C)NC(=O)C(CC1CCCCC1)N1CCC(O)(C(Cc2ccccc2)NC(=O)OC(C)(C)C)CC1. The second-order valence-corrected chi connectivity index (χ2v) is 13.5. The van der Waals surface area contributed by atoms with Crippen molar-refractivity contribution in [2.24, 2.45) is 5.92 Å². The van der Waals surface area contributed by atoms with Crippen molar-refractivity contribution in [2.75, 3.05) is 13.1 Å². The molecule has 7 heteroatoms. The van der Waals surface area contributed by atoms with Crippen LogP contribution in [-0.2, 0) is 16.0 Å². The highest BCUT2D eigenvalue weighted by Gasteiger charge is 2.44. The number of hydrogen-bond acceptors (Lipinski definition) is 5. The molecule has 0 bridgehead atoms. The molecule has 2 atom stereocenters. The summed E-state index contributed by atoms with van der Waals surface area (Å²) in [5.74, 6) is 0.654. The van der Waals surface area contributed by atoms with Crippen molar-refractivity contribution in [2.45, 2.75) is 128 Å². The van der Waals surface area contributed by atoms with Gasteiger partial charge >= 0.3 is 6.09 Å². The molecular weight excluding hydrogens is 478 g/mol. The minimum Gasteiger partial charge on any atom is -0.444 e. The summed E-state index contributed by atoms with van der Waals surface area (Å²) in [7, 11) is 0. The second kappa shape index (κ2) is 12.8. The van der Waals surface area contributed by atoms with E-state index >= 15 is 0 Å². The lowest BCUT2D eigenvalue weighted by Gasteiger charge is -2.46. The van der Waals surface area contributed by atoms with E-state index in [0.717, 1.165) is 12.0 Å². The molecule has 1 aliphatic heterocycles. The van der Waals surface area contributed by atoms with Crippen molar-refractivity contribution < 1.29 is 19.4 Å². The Balaban J connectivity index is 1.74. The van der Waals surface area contributed by atoms with Crippen LogP contribution in [0, 0.1) is 5.92 Å². The lowest BCUT2D eigenvalue weighted by Crippen LogP contribution is -2.62. The van der Waals surface area contributed by atoms with Gasteiger partial charge in [-0.15, -0.1) is 0 Å². The summed E-state index contributed by atoms with van der Waals surface area (Å²) < 4.78 is 5.54. The van der Waals surface area contributed by atoms with Gasteiger partial charge in [-0.2, -0.15) is 0 Å². The first-order chi connectivity index (χ1) is 17.7. The van der Waals surface area contributed by atoms with Crippen LogP contribution in [0.4, 0.5) is 4.79 Å². The zero-order chi connectivity index (χ0) is 28.0. The van der Waals surface area contributed by atoms with Crippen LogP contribution >= 0.6 is 0 Å². The van der Waals surface area contributed by atoms with Gasteiger partial charge in [0, 0.05) is 18.6 Å². The number of aliphatic hydroxyl groups is 1. The Morgan fingerprint density at radius 3 is 2.18 bits per heavy atom. The van der Waals surface area contributed by atoms with Crippen LogP contribution < -0.4 is 10.6 Å². The summed E-state index contributed by atoms with van der Waals surface area (Å²) in [6.45, 7) is 12.8. The van der Waals surface area contributed by atoms with Crippen LogP contribution in [0.3, 0.4) is 0 Å². The molecule has 0 spiro atoms. The van der Waals surface area contributed by atoms with E-state index in [-0.39, 0.29) is 17.5 Å². The number of nitrogens with one attached hydrogen (secondary N) is 2. The van der Waals surface area contributed by atoms with Crippen LogP contribution in [0.25, 0.3) is 0 Å². The summed E-state index contributed by atoms with van der Waals surface area (Å²) in [4.78, 5) is 28.5.